The summed E-state index contributed by atoms with van der Waals surface area (Å²) in [5, 5.41) is 15.2. The summed E-state index contributed by atoms with van der Waals surface area (Å²) in [4.78, 5) is 4.76. The molecule has 0 aliphatic carbocycles. The van der Waals surface area contributed by atoms with Crippen LogP contribution < -0.4 is 10.6 Å². The molecule has 0 saturated carbocycles. The van der Waals surface area contributed by atoms with Crippen molar-refractivity contribution >= 4 is 29.9 Å². The first-order valence-corrected chi connectivity index (χ1v) is 9.90. The molecule has 1 heterocycles. The Bertz CT molecular complexity index is 500. The van der Waals surface area contributed by atoms with Gasteiger partial charge in [0.1, 0.15) is 12.2 Å². The van der Waals surface area contributed by atoms with Gasteiger partial charge in [-0.2, -0.15) is 0 Å². The van der Waals surface area contributed by atoms with Crippen molar-refractivity contribution in [2.45, 2.75) is 92.3 Å². The molecule has 2 atom stereocenters. The average molecular weight is 478 g/mol. The van der Waals surface area contributed by atoms with Gasteiger partial charge in [-0.15, -0.1) is 34.2 Å². The van der Waals surface area contributed by atoms with E-state index < -0.39 is 0 Å². The lowest BCUT2D eigenvalue weighted by atomic mass is 10.0. The van der Waals surface area contributed by atoms with E-state index in [-0.39, 0.29) is 24.0 Å². The molecular formula is C19H39IN6. The number of hydrogen-bond acceptors (Lipinski definition) is 3. The number of guanidine groups is 1. The summed E-state index contributed by atoms with van der Waals surface area (Å²) in [6.45, 7) is 14.8. The van der Waals surface area contributed by atoms with Crippen LogP contribution >= 0.6 is 24.0 Å². The van der Waals surface area contributed by atoms with Gasteiger partial charge in [-0.25, -0.2) is 0 Å². The molecule has 1 aromatic heterocycles. The van der Waals surface area contributed by atoms with Crippen LogP contribution in [0.25, 0.3) is 0 Å². The molecular weight excluding hydrogens is 439 g/mol. The number of hydrogen-bond donors (Lipinski definition) is 2. The summed E-state index contributed by atoms with van der Waals surface area (Å²) < 4.78 is 2.08. The molecule has 26 heavy (non-hydrogen) atoms. The fourth-order valence-corrected chi connectivity index (χ4v) is 2.62. The molecule has 1 aromatic rings. The highest BCUT2D eigenvalue weighted by Crippen LogP contribution is 2.08. The maximum absolute atomic E-state index is 4.76. The van der Waals surface area contributed by atoms with Gasteiger partial charge in [0.25, 0.3) is 0 Å². The van der Waals surface area contributed by atoms with Crippen LogP contribution in [0.5, 0.6) is 0 Å². The summed E-state index contributed by atoms with van der Waals surface area (Å²) in [7, 11) is 0. The minimum atomic E-state index is 0. The molecule has 152 valence electrons. The molecule has 0 spiro atoms. The average Bonchev–Trinajstić information content (AvgIpc) is 3.01. The van der Waals surface area contributed by atoms with Crippen molar-refractivity contribution in [3.8, 4) is 0 Å². The molecule has 0 saturated heterocycles. The van der Waals surface area contributed by atoms with Crippen molar-refractivity contribution in [1.29, 1.82) is 0 Å². The molecule has 0 aromatic carbocycles. The van der Waals surface area contributed by atoms with Gasteiger partial charge in [0, 0.05) is 25.0 Å². The van der Waals surface area contributed by atoms with Crippen molar-refractivity contribution in [1.82, 2.24) is 25.4 Å². The molecule has 0 radical (unpaired) electrons. The van der Waals surface area contributed by atoms with Crippen LogP contribution in [0.15, 0.2) is 11.3 Å². The smallest absolute Gasteiger partial charge is 0.191 e. The second-order valence-electron chi connectivity index (χ2n) is 7.35. The van der Waals surface area contributed by atoms with Gasteiger partial charge >= 0.3 is 0 Å². The van der Waals surface area contributed by atoms with Gasteiger partial charge in [0.15, 0.2) is 5.96 Å². The first-order valence-electron chi connectivity index (χ1n) is 9.90. The molecule has 2 unspecified atom stereocenters. The predicted molar refractivity (Wildman–Crippen MR) is 121 cm³/mol. The second kappa shape index (κ2) is 14.2. The molecule has 6 nitrogen and oxygen atoms in total. The quantitative estimate of drug-likeness (QED) is 0.287. The zero-order chi connectivity index (χ0) is 18.7. The van der Waals surface area contributed by atoms with E-state index in [1.54, 1.807) is 6.33 Å². The van der Waals surface area contributed by atoms with Crippen LogP contribution in [0, 0.1) is 5.92 Å². The Labute approximate surface area is 177 Å². The van der Waals surface area contributed by atoms with Crippen molar-refractivity contribution in [3.63, 3.8) is 0 Å². The lowest BCUT2D eigenvalue weighted by Crippen LogP contribution is -2.45. The summed E-state index contributed by atoms with van der Waals surface area (Å²) in [5.41, 5.74) is 0. The largest absolute Gasteiger partial charge is 0.354 e. The molecule has 0 amide bonds. The third-order valence-electron chi connectivity index (χ3n) is 4.42. The Hall–Kier alpha value is -0.860. The van der Waals surface area contributed by atoms with E-state index in [4.69, 9.17) is 4.99 Å². The van der Waals surface area contributed by atoms with Crippen LogP contribution in [0.4, 0.5) is 0 Å². The lowest BCUT2D eigenvalue weighted by molar-refractivity contribution is 0.488. The number of halogens is 1. The molecule has 7 heteroatoms. The number of aromatic nitrogens is 3. The number of nitrogens with zero attached hydrogens (tertiary/aromatic N) is 4. The molecule has 0 fully saturated rings. The normalized spacial score (nSPS) is 14.0. The first kappa shape index (κ1) is 25.1. The summed E-state index contributed by atoms with van der Waals surface area (Å²) >= 11 is 0. The van der Waals surface area contributed by atoms with E-state index >= 15 is 0 Å². The Balaban J connectivity index is 0.00000625. The van der Waals surface area contributed by atoms with E-state index in [2.05, 4.69) is 66.9 Å². The Morgan fingerprint density at radius 1 is 1.12 bits per heavy atom. The van der Waals surface area contributed by atoms with Crippen LogP contribution in [0.1, 0.15) is 73.1 Å². The van der Waals surface area contributed by atoms with E-state index in [1.807, 2.05) is 0 Å². The number of aliphatic imine (C=N–C) groups is 1. The maximum Gasteiger partial charge on any atom is 0.191 e. The predicted octanol–water partition coefficient (Wildman–Crippen LogP) is 4.01. The minimum Gasteiger partial charge on any atom is -0.354 e. The fourth-order valence-electron chi connectivity index (χ4n) is 2.62. The van der Waals surface area contributed by atoms with Gasteiger partial charge in [0.05, 0.1) is 6.54 Å². The van der Waals surface area contributed by atoms with Gasteiger partial charge < -0.3 is 15.2 Å². The molecule has 0 bridgehead atoms. The highest BCUT2D eigenvalue weighted by molar-refractivity contribution is 14.0. The first-order chi connectivity index (χ1) is 12.0. The monoisotopic (exact) mass is 478 g/mol. The van der Waals surface area contributed by atoms with Crippen molar-refractivity contribution in [3.05, 3.63) is 12.2 Å². The number of aryl methyl sites for hydroxylation is 1. The van der Waals surface area contributed by atoms with Crippen LogP contribution in [0.3, 0.4) is 0 Å². The second-order valence-corrected chi connectivity index (χ2v) is 7.35. The van der Waals surface area contributed by atoms with Crippen molar-refractivity contribution < 1.29 is 0 Å². The third-order valence-corrected chi connectivity index (χ3v) is 4.42. The highest BCUT2D eigenvalue weighted by atomic mass is 127. The SMILES string of the molecule is CCc1nncn1CCN=C(NC(C)CC)NC(C)CCCC(C)C.I. The summed E-state index contributed by atoms with van der Waals surface area (Å²) in [5.74, 6) is 2.70. The third kappa shape index (κ3) is 10.3. The minimum absolute atomic E-state index is 0. The fraction of sp³-hybridized carbons (Fsp3) is 0.842. The zero-order valence-corrected chi connectivity index (χ0v) is 19.8. The summed E-state index contributed by atoms with van der Waals surface area (Å²) in [6.07, 6.45) is 7.47. The van der Waals surface area contributed by atoms with E-state index in [9.17, 15) is 0 Å². The van der Waals surface area contributed by atoms with Crippen LogP contribution in [-0.2, 0) is 13.0 Å². The molecule has 0 aliphatic rings. The van der Waals surface area contributed by atoms with Gasteiger partial charge in [-0.05, 0) is 32.6 Å². The topological polar surface area (TPSA) is 67.1 Å². The van der Waals surface area contributed by atoms with Gasteiger partial charge in [-0.3, -0.25) is 4.99 Å². The lowest BCUT2D eigenvalue weighted by Gasteiger charge is -2.21. The van der Waals surface area contributed by atoms with Gasteiger partial charge in [-0.1, -0.05) is 40.5 Å². The summed E-state index contributed by atoms with van der Waals surface area (Å²) in [6, 6.07) is 0.838. The molecule has 2 N–H and O–H groups in total. The maximum atomic E-state index is 4.76. The van der Waals surface area contributed by atoms with Crippen LogP contribution in [0.2, 0.25) is 0 Å². The number of rotatable bonds is 11. The van der Waals surface area contributed by atoms with E-state index in [0.29, 0.717) is 12.1 Å². The van der Waals surface area contributed by atoms with Crippen molar-refractivity contribution in [2.75, 3.05) is 6.54 Å². The van der Waals surface area contributed by atoms with E-state index in [1.165, 1.54) is 19.3 Å². The Morgan fingerprint density at radius 3 is 2.42 bits per heavy atom. The number of nitrogens with one attached hydrogen (secondary N) is 2. The van der Waals surface area contributed by atoms with Crippen LogP contribution in [-0.4, -0.2) is 39.4 Å². The zero-order valence-electron chi connectivity index (χ0n) is 17.5. The highest BCUT2D eigenvalue weighted by Gasteiger charge is 2.09. The Morgan fingerprint density at radius 2 is 1.81 bits per heavy atom. The van der Waals surface area contributed by atoms with Gasteiger partial charge in [0.2, 0.25) is 0 Å². The molecule has 0 aliphatic heterocycles. The molecule has 1 rings (SSSR count). The van der Waals surface area contributed by atoms with Crippen molar-refractivity contribution in [2.24, 2.45) is 10.9 Å². The Kier molecular flexibility index (Phi) is 13.8. The van der Waals surface area contributed by atoms with E-state index in [0.717, 1.165) is 43.6 Å². The standard InChI is InChI=1S/C19H38N6.HI/c1-7-16(5)22-19(23-17(6)11-9-10-15(3)4)20-12-13-25-14-21-24-18(25)8-2;/h14-17H,7-13H2,1-6H3,(H2,20,22,23);1H.